The van der Waals surface area contributed by atoms with E-state index in [4.69, 9.17) is 5.73 Å². The Kier molecular flexibility index (Phi) is 4.88. The van der Waals surface area contributed by atoms with E-state index in [2.05, 4.69) is 4.72 Å². The van der Waals surface area contributed by atoms with Gasteiger partial charge in [0.05, 0.1) is 6.26 Å². The Labute approximate surface area is 80.9 Å². The zero-order valence-electron chi connectivity index (χ0n) is 8.63. The van der Waals surface area contributed by atoms with Crippen LogP contribution in [0.15, 0.2) is 0 Å². The molecule has 0 fully saturated rings. The summed E-state index contributed by atoms with van der Waals surface area (Å²) in [6.45, 7) is 5.01. The van der Waals surface area contributed by atoms with E-state index in [0.29, 0.717) is 13.1 Å². The minimum absolute atomic E-state index is 0.0803. The topological polar surface area (TPSA) is 72.2 Å². The Morgan fingerprint density at radius 1 is 1.31 bits per heavy atom. The minimum atomic E-state index is -3.09. The smallest absolute Gasteiger partial charge is 0.208 e. The number of hydrogen-bond donors (Lipinski definition) is 2. The van der Waals surface area contributed by atoms with E-state index in [9.17, 15) is 8.42 Å². The molecular formula is C8H20N2O2S. The second-order valence-electron chi connectivity index (χ2n) is 3.50. The first kappa shape index (κ1) is 12.9. The quantitative estimate of drug-likeness (QED) is 0.659. The maximum Gasteiger partial charge on any atom is 0.208 e. The average molecular weight is 208 g/mol. The van der Waals surface area contributed by atoms with Crippen molar-refractivity contribution in [3.63, 3.8) is 0 Å². The van der Waals surface area contributed by atoms with Crippen LogP contribution in [0.3, 0.4) is 0 Å². The lowest BCUT2D eigenvalue weighted by atomic mass is 9.83. The Hall–Kier alpha value is -0.130. The second-order valence-corrected chi connectivity index (χ2v) is 5.34. The molecule has 80 valence electrons. The first-order chi connectivity index (χ1) is 5.89. The first-order valence-corrected chi connectivity index (χ1v) is 6.43. The molecule has 0 aromatic rings. The maximum absolute atomic E-state index is 10.9. The number of rotatable bonds is 6. The van der Waals surface area contributed by atoms with Crippen molar-refractivity contribution in [1.29, 1.82) is 0 Å². The molecule has 0 saturated heterocycles. The standard InChI is InChI=1S/C8H20N2O2S/c1-4-8(5-2,6-9)7-10-13(3,11)12/h10H,4-7,9H2,1-3H3. The zero-order valence-corrected chi connectivity index (χ0v) is 9.45. The van der Waals surface area contributed by atoms with Gasteiger partial charge in [-0.15, -0.1) is 0 Å². The van der Waals surface area contributed by atoms with Crippen LogP contribution in [-0.4, -0.2) is 27.8 Å². The van der Waals surface area contributed by atoms with Crippen LogP contribution in [0.4, 0.5) is 0 Å². The zero-order chi connectivity index (χ0) is 10.5. The Bertz CT molecular complexity index is 224. The van der Waals surface area contributed by atoms with Gasteiger partial charge in [0, 0.05) is 6.54 Å². The first-order valence-electron chi connectivity index (χ1n) is 4.54. The normalized spacial score (nSPS) is 13.2. The monoisotopic (exact) mass is 208 g/mol. The van der Waals surface area contributed by atoms with Crippen LogP contribution in [0.25, 0.3) is 0 Å². The van der Waals surface area contributed by atoms with Gasteiger partial charge in [0.15, 0.2) is 0 Å². The van der Waals surface area contributed by atoms with Crippen molar-refractivity contribution < 1.29 is 8.42 Å². The molecule has 0 aromatic heterocycles. The average Bonchev–Trinajstić information content (AvgIpc) is 2.06. The summed E-state index contributed by atoms with van der Waals surface area (Å²) < 4.78 is 24.3. The lowest BCUT2D eigenvalue weighted by Crippen LogP contribution is -2.41. The molecule has 0 aliphatic heterocycles. The summed E-state index contributed by atoms with van der Waals surface area (Å²) in [5, 5.41) is 0. The van der Waals surface area contributed by atoms with E-state index in [1.165, 1.54) is 6.26 Å². The Morgan fingerprint density at radius 2 is 1.77 bits per heavy atom. The van der Waals surface area contributed by atoms with Crippen LogP contribution < -0.4 is 10.5 Å². The van der Waals surface area contributed by atoms with Gasteiger partial charge in [-0.25, -0.2) is 13.1 Å². The van der Waals surface area contributed by atoms with Gasteiger partial charge in [-0.3, -0.25) is 0 Å². The van der Waals surface area contributed by atoms with Gasteiger partial charge in [-0.1, -0.05) is 13.8 Å². The number of nitrogens with two attached hydrogens (primary N) is 1. The molecule has 0 aliphatic rings. The summed E-state index contributed by atoms with van der Waals surface area (Å²) in [5.41, 5.74) is 5.54. The van der Waals surface area contributed by atoms with Crippen molar-refractivity contribution in [3.8, 4) is 0 Å². The summed E-state index contributed by atoms with van der Waals surface area (Å²) in [6.07, 6.45) is 2.95. The SMILES string of the molecule is CCC(CC)(CN)CNS(C)(=O)=O. The largest absolute Gasteiger partial charge is 0.330 e. The fraction of sp³-hybridized carbons (Fsp3) is 1.00. The molecule has 4 nitrogen and oxygen atoms in total. The second kappa shape index (κ2) is 4.93. The molecule has 13 heavy (non-hydrogen) atoms. The summed E-state index contributed by atoms with van der Waals surface area (Å²) in [5.74, 6) is 0. The molecule has 0 atom stereocenters. The highest BCUT2D eigenvalue weighted by Gasteiger charge is 2.25. The predicted octanol–water partition coefficient (Wildman–Crippen LogP) is 0.301. The highest BCUT2D eigenvalue weighted by atomic mass is 32.2. The summed E-state index contributed by atoms with van der Waals surface area (Å²) in [6, 6.07) is 0. The van der Waals surface area contributed by atoms with Gasteiger partial charge in [-0.2, -0.15) is 0 Å². The van der Waals surface area contributed by atoms with Gasteiger partial charge < -0.3 is 5.73 Å². The number of sulfonamides is 1. The van der Waals surface area contributed by atoms with Crippen molar-refractivity contribution in [3.05, 3.63) is 0 Å². The highest BCUT2D eigenvalue weighted by Crippen LogP contribution is 2.23. The van der Waals surface area contributed by atoms with E-state index in [1.54, 1.807) is 0 Å². The summed E-state index contributed by atoms with van der Waals surface area (Å²) >= 11 is 0. The summed E-state index contributed by atoms with van der Waals surface area (Å²) in [7, 11) is -3.09. The fourth-order valence-corrected chi connectivity index (χ4v) is 1.71. The molecule has 0 unspecified atom stereocenters. The highest BCUT2D eigenvalue weighted by molar-refractivity contribution is 7.88. The van der Waals surface area contributed by atoms with Crippen molar-refractivity contribution >= 4 is 10.0 Å². The molecule has 0 saturated carbocycles. The van der Waals surface area contributed by atoms with Gasteiger partial charge in [0.1, 0.15) is 0 Å². The van der Waals surface area contributed by atoms with Crippen LogP contribution in [0.2, 0.25) is 0 Å². The van der Waals surface area contributed by atoms with Crippen LogP contribution in [0, 0.1) is 5.41 Å². The van der Waals surface area contributed by atoms with E-state index in [0.717, 1.165) is 12.8 Å². The maximum atomic E-state index is 10.9. The van der Waals surface area contributed by atoms with Gasteiger partial charge in [0.25, 0.3) is 0 Å². The van der Waals surface area contributed by atoms with Crippen LogP contribution >= 0.6 is 0 Å². The number of hydrogen-bond acceptors (Lipinski definition) is 3. The van der Waals surface area contributed by atoms with E-state index in [1.807, 2.05) is 13.8 Å². The van der Waals surface area contributed by atoms with Gasteiger partial charge >= 0.3 is 0 Å². The molecule has 0 aromatic carbocycles. The van der Waals surface area contributed by atoms with Crippen LogP contribution in [-0.2, 0) is 10.0 Å². The van der Waals surface area contributed by atoms with E-state index in [-0.39, 0.29) is 5.41 Å². The van der Waals surface area contributed by atoms with Gasteiger partial charge in [-0.05, 0) is 24.8 Å². The third kappa shape index (κ3) is 4.59. The van der Waals surface area contributed by atoms with E-state index >= 15 is 0 Å². The van der Waals surface area contributed by atoms with E-state index < -0.39 is 10.0 Å². The molecule has 0 amide bonds. The number of nitrogens with one attached hydrogen (secondary N) is 1. The third-order valence-corrected chi connectivity index (χ3v) is 3.31. The molecule has 0 heterocycles. The van der Waals surface area contributed by atoms with Gasteiger partial charge in [0.2, 0.25) is 10.0 Å². The van der Waals surface area contributed by atoms with Crippen molar-refractivity contribution in [2.45, 2.75) is 26.7 Å². The summed E-state index contributed by atoms with van der Waals surface area (Å²) in [4.78, 5) is 0. The van der Waals surface area contributed by atoms with Crippen molar-refractivity contribution in [1.82, 2.24) is 4.72 Å². The minimum Gasteiger partial charge on any atom is -0.330 e. The predicted molar refractivity (Wildman–Crippen MR) is 54.9 cm³/mol. The molecule has 0 spiro atoms. The van der Waals surface area contributed by atoms with Crippen LogP contribution in [0.5, 0.6) is 0 Å². The molecule has 0 rings (SSSR count). The molecule has 0 aliphatic carbocycles. The lowest BCUT2D eigenvalue weighted by Gasteiger charge is -2.29. The Balaban J connectivity index is 4.27. The van der Waals surface area contributed by atoms with Crippen molar-refractivity contribution in [2.24, 2.45) is 11.1 Å². The van der Waals surface area contributed by atoms with Crippen LogP contribution in [0.1, 0.15) is 26.7 Å². The molecular weight excluding hydrogens is 188 g/mol. The lowest BCUT2D eigenvalue weighted by molar-refractivity contribution is 0.275. The molecule has 0 radical (unpaired) electrons. The molecule has 0 bridgehead atoms. The third-order valence-electron chi connectivity index (χ3n) is 2.64. The van der Waals surface area contributed by atoms with Crippen molar-refractivity contribution in [2.75, 3.05) is 19.3 Å². The fourth-order valence-electron chi connectivity index (χ4n) is 1.15. The molecule has 5 heteroatoms. The Morgan fingerprint density at radius 3 is 2.00 bits per heavy atom. The molecule has 3 N–H and O–H groups in total.